The Morgan fingerprint density at radius 3 is 2.29 bits per heavy atom. The summed E-state index contributed by atoms with van der Waals surface area (Å²) in [5.41, 5.74) is 0. The van der Waals surface area contributed by atoms with Crippen molar-refractivity contribution < 1.29 is 23.1 Å². The molecule has 9 heteroatoms. The molecule has 0 atom stereocenters. The number of hydrogen-bond acceptors (Lipinski definition) is 4. The molecule has 0 saturated carbocycles. The van der Waals surface area contributed by atoms with Gasteiger partial charge in [0.1, 0.15) is 6.54 Å². The Morgan fingerprint density at radius 2 is 1.86 bits per heavy atom. The number of aliphatic carboxylic acids is 1. The van der Waals surface area contributed by atoms with Gasteiger partial charge in [0.25, 0.3) is 10.2 Å². The maximum atomic E-state index is 10.8. The largest absolute Gasteiger partial charge is 0.480 e. The molecule has 1 amide bonds. The number of rotatable bonds is 6. The maximum absolute atomic E-state index is 10.8. The average molecular weight is 225 g/mol. The zero-order valence-corrected chi connectivity index (χ0v) is 8.22. The van der Waals surface area contributed by atoms with Crippen molar-refractivity contribution in [3.8, 4) is 0 Å². The van der Waals surface area contributed by atoms with Crippen LogP contribution in [-0.2, 0) is 19.8 Å². The normalized spacial score (nSPS) is 10.9. The van der Waals surface area contributed by atoms with Gasteiger partial charge in [-0.1, -0.05) is 0 Å². The molecule has 82 valence electrons. The van der Waals surface area contributed by atoms with Crippen molar-refractivity contribution in [1.29, 1.82) is 0 Å². The number of carboxylic acids is 1. The molecule has 0 unspecified atom stereocenters. The third-order valence-corrected chi connectivity index (χ3v) is 2.19. The SMILES string of the molecule is CNS(=O)(=O)NCC(=O)NCC(=O)O. The Morgan fingerprint density at radius 1 is 1.29 bits per heavy atom. The zero-order chi connectivity index (χ0) is 11.2. The van der Waals surface area contributed by atoms with Crippen LogP contribution in [0.4, 0.5) is 0 Å². The minimum absolute atomic E-state index is 0.504. The van der Waals surface area contributed by atoms with Gasteiger partial charge in [-0.25, -0.2) is 4.72 Å². The van der Waals surface area contributed by atoms with Crippen LogP contribution in [-0.4, -0.2) is 45.5 Å². The van der Waals surface area contributed by atoms with Crippen molar-refractivity contribution in [3.63, 3.8) is 0 Å². The van der Waals surface area contributed by atoms with Gasteiger partial charge in [-0.2, -0.15) is 13.1 Å². The number of carbonyl (C=O) groups excluding carboxylic acids is 1. The average Bonchev–Trinajstić information content (AvgIpc) is 2.11. The van der Waals surface area contributed by atoms with Crippen molar-refractivity contribution >= 4 is 22.1 Å². The van der Waals surface area contributed by atoms with Crippen LogP contribution in [0.1, 0.15) is 0 Å². The first-order valence-corrected chi connectivity index (χ1v) is 5.02. The van der Waals surface area contributed by atoms with Gasteiger partial charge in [0.2, 0.25) is 5.91 Å². The molecule has 14 heavy (non-hydrogen) atoms. The molecule has 0 spiro atoms. The molecule has 0 aliphatic rings. The third kappa shape index (κ3) is 6.34. The van der Waals surface area contributed by atoms with E-state index in [1.54, 1.807) is 0 Å². The highest BCUT2D eigenvalue weighted by atomic mass is 32.2. The molecule has 0 fully saturated rings. The number of nitrogens with one attached hydrogen (secondary N) is 3. The van der Waals surface area contributed by atoms with Crippen molar-refractivity contribution in [1.82, 2.24) is 14.8 Å². The van der Waals surface area contributed by atoms with E-state index in [2.05, 4.69) is 0 Å². The summed E-state index contributed by atoms with van der Waals surface area (Å²) in [5, 5.41) is 10.2. The van der Waals surface area contributed by atoms with Gasteiger partial charge in [0.15, 0.2) is 0 Å². The van der Waals surface area contributed by atoms with E-state index < -0.39 is 35.2 Å². The van der Waals surface area contributed by atoms with Gasteiger partial charge < -0.3 is 10.4 Å². The van der Waals surface area contributed by atoms with Gasteiger partial charge in [0.05, 0.1) is 6.54 Å². The highest BCUT2D eigenvalue weighted by Crippen LogP contribution is 1.72. The zero-order valence-electron chi connectivity index (χ0n) is 7.40. The Kier molecular flexibility index (Phi) is 5.05. The van der Waals surface area contributed by atoms with Crippen LogP contribution in [0, 0.1) is 0 Å². The first-order valence-electron chi connectivity index (χ1n) is 3.54. The monoisotopic (exact) mass is 225 g/mol. The van der Waals surface area contributed by atoms with Crippen LogP contribution in [0.5, 0.6) is 0 Å². The molecule has 0 heterocycles. The molecule has 0 radical (unpaired) electrons. The first kappa shape index (κ1) is 12.8. The van der Waals surface area contributed by atoms with E-state index in [-0.39, 0.29) is 0 Å². The fraction of sp³-hybridized carbons (Fsp3) is 0.600. The van der Waals surface area contributed by atoms with Crippen molar-refractivity contribution in [2.24, 2.45) is 0 Å². The van der Waals surface area contributed by atoms with Crippen LogP contribution in [0.3, 0.4) is 0 Å². The highest BCUT2D eigenvalue weighted by Gasteiger charge is 2.09. The fourth-order valence-electron chi connectivity index (χ4n) is 0.469. The quantitative estimate of drug-likeness (QED) is 0.390. The predicted molar refractivity (Wildman–Crippen MR) is 46.6 cm³/mol. The molecule has 0 aromatic rings. The molecule has 0 aromatic carbocycles. The van der Waals surface area contributed by atoms with E-state index in [4.69, 9.17) is 5.11 Å². The summed E-state index contributed by atoms with van der Waals surface area (Å²) in [7, 11) is -2.48. The lowest BCUT2D eigenvalue weighted by molar-refractivity contribution is -0.137. The fourth-order valence-corrected chi connectivity index (χ4v) is 0.935. The molecule has 8 nitrogen and oxygen atoms in total. The van der Waals surface area contributed by atoms with E-state index in [1.807, 2.05) is 14.8 Å². The first-order chi connectivity index (χ1) is 6.37. The molecule has 0 aromatic heterocycles. The summed E-state index contributed by atoms with van der Waals surface area (Å²) in [6, 6.07) is 0. The second-order valence-corrected chi connectivity index (χ2v) is 3.90. The summed E-state index contributed by atoms with van der Waals surface area (Å²) in [6.07, 6.45) is 0. The Hall–Kier alpha value is -1.19. The number of carboxylic acid groups (broad SMARTS) is 1. The number of carbonyl (C=O) groups is 2. The van der Waals surface area contributed by atoms with E-state index in [0.717, 1.165) is 0 Å². The van der Waals surface area contributed by atoms with E-state index in [1.165, 1.54) is 7.05 Å². The topological polar surface area (TPSA) is 125 Å². The lowest BCUT2D eigenvalue weighted by atomic mass is 10.5. The van der Waals surface area contributed by atoms with Crippen LogP contribution >= 0.6 is 0 Å². The number of hydrogen-bond donors (Lipinski definition) is 4. The summed E-state index contributed by atoms with van der Waals surface area (Å²) in [5.74, 6) is -1.92. The lowest BCUT2D eigenvalue weighted by Crippen LogP contribution is -2.42. The van der Waals surface area contributed by atoms with Crippen LogP contribution in [0.15, 0.2) is 0 Å². The Balaban J connectivity index is 3.81. The van der Waals surface area contributed by atoms with E-state index in [0.29, 0.717) is 0 Å². The number of amides is 1. The molecule has 0 rings (SSSR count). The van der Waals surface area contributed by atoms with Gasteiger partial charge in [-0.15, -0.1) is 0 Å². The summed E-state index contributed by atoms with van der Waals surface area (Å²) in [4.78, 5) is 20.8. The van der Waals surface area contributed by atoms with Crippen LogP contribution < -0.4 is 14.8 Å². The molecule has 4 N–H and O–H groups in total. The van der Waals surface area contributed by atoms with Crippen LogP contribution in [0.2, 0.25) is 0 Å². The molecule has 0 saturated heterocycles. The maximum Gasteiger partial charge on any atom is 0.322 e. The third-order valence-electron chi connectivity index (χ3n) is 1.13. The smallest absolute Gasteiger partial charge is 0.322 e. The van der Waals surface area contributed by atoms with Crippen molar-refractivity contribution in [2.45, 2.75) is 0 Å². The molecule has 0 aliphatic heterocycles. The summed E-state index contributed by atoms with van der Waals surface area (Å²) >= 11 is 0. The minimum atomic E-state index is -3.66. The second kappa shape index (κ2) is 5.52. The molecule has 0 bridgehead atoms. The van der Waals surface area contributed by atoms with Gasteiger partial charge in [-0.05, 0) is 0 Å². The Labute approximate surface area is 80.9 Å². The van der Waals surface area contributed by atoms with Gasteiger partial charge in [0, 0.05) is 7.05 Å². The summed E-state index contributed by atoms with van der Waals surface area (Å²) < 4.78 is 25.3. The summed E-state index contributed by atoms with van der Waals surface area (Å²) in [6.45, 7) is -1.05. The predicted octanol–water partition coefficient (Wildman–Crippen LogP) is -2.76. The highest BCUT2D eigenvalue weighted by molar-refractivity contribution is 7.87. The molecular weight excluding hydrogens is 214 g/mol. The second-order valence-electron chi connectivity index (χ2n) is 2.20. The standard InChI is InChI=1S/C5H11N3O5S/c1-6-14(12,13)8-2-4(9)7-3-5(10)11/h6,8H,2-3H2,1H3,(H,7,9)(H,10,11). The van der Waals surface area contributed by atoms with Gasteiger partial charge >= 0.3 is 5.97 Å². The lowest BCUT2D eigenvalue weighted by Gasteiger charge is -2.04. The van der Waals surface area contributed by atoms with Crippen LogP contribution in [0.25, 0.3) is 0 Å². The molecule has 0 aliphatic carbocycles. The molecular formula is C5H11N3O5S. The van der Waals surface area contributed by atoms with E-state index >= 15 is 0 Å². The van der Waals surface area contributed by atoms with E-state index in [9.17, 15) is 18.0 Å². The van der Waals surface area contributed by atoms with Crippen molar-refractivity contribution in [3.05, 3.63) is 0 Å². The van der Waals surface area contributed by atoms with Crippen molar-refractivity contribution in [2.75, 3.05) is 20.1 Å². The Bertz CT molecular complexity index is 311. The van der Waals surface area contributed by atoms with Gasteiger partial charge in [-0.3, -0.25) is 9.59 Å². The minimum Gasteiger partial charge on any atom is -0.480 e.